The van der Waals surface area contributed by atoms with Gasteiger partial charge in [-0.1, -0.05) is 18.2 Å². The molecule has 1 rings (SSSR count). The van der Waals surface area contributed by atoms with Crippen LogP contribution in [0.4, 0.5) is 4.79 Å². The molecule has 6 nitrogen and oxygen atoms in total. The molecule has 0 saturated carbocycles. The first-order chi connectivity index (χ1) is 10.5. The van der Waals surface area contributed by atoms with E-state index in [9.17, 15) is 9.59 Å². The summed E-state index contributed by atoms with van der Waals surface area (Å²) in [4.78, 5) is 25.5. The van der Waals surface area contributed by atoms with Gasteiger partial charge < -0.3 is 20.9 Å². The minimum Gasteiger partial charge on any atom is -0.351 e. The molecule has 0 aliphatic carbocycles. The highest BCUT2D eigenvalue weighted by atomic mass is 16.2. The zero-order valence-corrected chi connectivity index (χ0v) is 13.2. The lowest BCUT2D eigenvalue weighted by Crippen LogP contribution is -2.35. The SMILES string of the molecule is C=CCNC(=O)NCc1cccc(C(=O)NCCN(C)C)c1. The van der Waals surface area contributed by atoms with E-state index >= 15 is 0 Å². The van der Waals surface area contributed by atoms with Crippen molar-refractivity contribution in [1.29, 1.82) is 0 Å². The Balaban J connectivity index is 2.49. The molecule has 6 heteroatoms. The van der Waals surface area contributed by atoms with E-state index in [1.807, 2.05) is 25.1 Å². The molecule has 0 heterocycles. The minimum absolute atomic E-state index is 0.111. The third-order valence-corrected chi connectivity index (χ3v) is 2.89. The highest BCUT2D eigenvalue weighted by molar-refractivity contribution is 5.94. The van der Waals surface area contributed by atoms with Crippen molar-refractivity contribution in [2.75, 3.05) is 33.7 Å². The lowest BCUT2D eigenvalue weighted by molar-refractivity contribution is 0.0951. The summed E-state index contributed by atoms with van der Waals surface area (Å²) >= 11 is 0. The first kappa shape index (κ1) is 17.7. The van der Waals surface area contributed by atoms with Gasteiger partial charge in [0.2, 0.25) is 0 Å². The Morgan fingerprint density at radius 3 is 2.68 bits per heavy atom. The molecule has 0 bridgehead atoms. The van der Waals surface area contributed by atoms with Gasteiger partial charge in [0.15, 0.2) is 0 Å². The average Bonchev–Trinajstić information content (AvgIpc) is 2.50. The lowest BCUT2D eigenvalue weighted by atomic mass is 10.1. The van der Waals surface area contributed by atoms with Crippen LogP contribution >= 0.6 is 0 Å². The van der Waals surface area contributed by atoms with Crippen molar-refractivity contribution in [2.45, 2.75) is 6.54 Å². The topological polar surface area (TPSA) is 73.5 Å². The van der Waals surface area contributed by atoms with Crippen molar-refractivity contribution >= 4 is 11.9 Å². The van der Waals surface area contributed by atoms with Crippen LogP contribution in [-0.2, 0) is 6.54 Å². The molecular weight excluding hydrogens is 280 g/mol. The Labute approximate surface area is 131 Å². The first-order valence-electron chi connectivity index (χ1n) is 7.17. The number of amides is 3. The van der Waals surface area contributed by atoms with Gasteiger partial charge in [0.1, 0.15) is 0 Å². The lowest BCUT2D eigenvalue weighted by Gasteiger charge is -2.11. The van der Waals surface area contributed by atoms with Crippen LogP contribution in [0.25, 0.3) is 0 Å². The van der Waals surface area contributed by atoms with E-state index in [0.717, 1.165) is 12.1 Å². The maximum Gasteiger partial charge on any atom is 0.315 e. The van der Waals surface area contributed by atoms with Crippen molar-refractivity contribution < 1.29 is 9.59 Å². The van der Waals surface area contributed by atoms with Gasteiger partial charge in [-0.3, -0.25) is 4.79 Å². The summed E-state index contributed by atoms with van der Waals surface area (Å²) in [6.07, 6.45) is 1.61. The Kier molecular flexibility index (Phi) is 7.70. The third-order valence-electron chi connectivity index (χ3n) is 2.89. The van der Waals surface area contributed by atoms with Crippen LogP contribution in [0, 0.1) is 0 Å². The summed E-state index contributed by atoms with van der Waals surface area (Å²) in [6, 6.07) is 6.94. The molecule has 1 aromatic carbocycles. The molecule has 0 spiro atoms. The van der Waals surface area contributed by atoms with E-state index in [1.165, 1.54) is 0 Å². The zero-order valence-electron chi connectivity index (χ0n) is 13.2. The summed E-state index contributed by atoms with van der Waals surface area (Å²) < 4.78 is 0. The normalized spacial score (nSPS) is 10.1. The molecule has 3 amide bonds. The van der Waals surface area contributed by atoms with E-state index in [1.54, 1.807) is 24.3 Å². The second-order valence-corrected chi connectivity index (χ2v) is 5.11. The van der Waals surface area contributed by atoms with Gasteiger partial charge in [0.25, 0.3) is 5.91 Å². The number of urea groups is 1. The van der Waals surface area contributed by atoms with Crippen LogP contribution in [-0.4, -0.2) is 50.6 Å². The predicted molar refractivity (Wildman–Crippen MR) is 87.8 cm³/mol. The van der Waals surface area contributed by atoms with Gasteiger partial charge in [0, 0.05) is 31.7 Å². The number of hydrogen-bond donors (Lipinski definition) is 3. The van der Waals surface area contributed by atoms with Crippen LogP contribution < -0.4 is 16.0 Å². The minimum atomic E-state index is -0.263. The quantitative estimate of drug-likeness (QED) is 0.626. The molecule has 0 saturated heterocycles. The molecule has 120 valence electrons. The third kappa shape index (κ3) is 6.90. The predicted octanol–water partition coefficient (Wildman–Crippen LogP) is 0.963. The molecule has 1 aromatic rings. The number of likely N-dealkylation sites (N-methyl/N-ethyl adjacent to an activating group) is 1. The smallest absolute Gasteiger partial charge is 0.315 e. The van der Waals surface area contributed by atoms with Crippen LogP contribution in [0.2, 0.25) is 0 Å². The second-order valence-electron chi connectivity index (χ2n) is 5.11. The molecule has 0 fully saturated rings. The van der Waals surface area contributed by atoms with Crippen molar-refractivity contribution in [1.82, 2.24) is 20.9 Å². The number of hydrogen-bond acceptors (Lipinski definition) is 3. The fraction of sp³-hybridized carbons (Fsp3) is 0.375. The standard InChI is InChI=1S/C16H24N4O2/c1-4-8-18-16(22)19-12-13-6-5-7-14(11-13)15(21)17-9-10-20(2)3/h4-7,11H,1,8-10,12H2,2-3H3,(H,17,21)(H2,18,19,22). The number of carbonyl (C=O) groups is 2. The van der Waals surface area contributed by atoms with E-state index < -0.39 is 0 Å². The summed E-state index contributed by atoms with van der Waals surface area (Å²) in [6.45, 7) is 5.69. The molecular formula is C16H24N4O2. The highest BCUT2D eigenvalue weighted by Crippen LogP contribution is 2.05. The molecule has 0 unspecified atom stereocenters. The van der Waals surface area contributed by atoms with Gasteiger partial charge in [-0.15, -0.1) is 6.58 Å². The maximum atomic E-state index is 12.0. The van der Waals surface area contributed by atoms with Crippen molar-refractivity contribution in [3.63, 3.8) is 0 Å². The molecule has 0 radical (unpaired) electrons. The second kappa shape index (κ2) is 9.57. The van der Waals surface area contributed by atoms with E-state index in [-0.39, 0.29) is 11.9 Å². The summed E-state index contributed by atoms with van der Waals surface area (Å²) in [5, 5.41) is 8.21. The Hall–Kier alpha value is -2.34. The molecule has 0 aliphatic rings. The zero-order chi connectivity index (χ0) is 16.4. The number of carbonyl (C=O) groups excluding carboxylic acids is 2. The van der Waals surface area contributed by atoms with E-state index in [0.29, 0.717) is 25.2 Å². The molecule has 0 atom stereocenters. The first-order valence-corrected chi connectivity index (χ1v) is 7.17. The van der Waals surface area contributed by atoms with Crippen LogP contribution in [0.3, 0.4) is 0 Å². The van der Waals surface area contributed by atoms with Crippen molar-refractivity contribution in [3.05, 3.63) is 48.0 Å². The van der Waals surface area contributed by atoms with Gasteiger partial charge >= 0.3 is 6.03 Å². The number of benzene rings is 1. The maximum absolute atomic E-state index is 12.0. The van der Waals surface area contributed by atoms with Crippen LogP contribution in [0.15, 0.2) is 36.9 Å². The van der Waals surface area contributed by atoms with Gasteiger partial charge in [-0.05, 0) is 31.8 Å². The Morgan fingerprint density at radius 1 is 1.23 bits per heavy atom. The van der Waals surface area contributed by atoms with E-state index in [2.05, 4.69) is 22.5 Å². The van der Waals surface area contributed by atoms with Crippen LogP contribution in [0.5, 0.6) is 0 Å². The summed E-state index contributed by atoms with van der Waals surface area (Å²) in [5.74, 6) is -0.111. The Bertz CT molecular complexity index is 515. The summed E-state index contributed by atoms with van der Waals surface area (Å²) in [5.41, 5.74) is 1.46. The molecule has 0 aliphatic heterocycles. The number of rotatable bonds is 8. The highest BCUT2D eigenvalue weighted by Gasteiger charge is 2.06. The monoisotopic (exact) mass is 304 g/mol. The largest absolute Gasteiger partial charge is 0.351 e. The number of nitrogens with one attached hydrogen (secondary N) is 3. The Morgan fingerprint density at radius 2 is 2.00 bits per heavy atom. The molecule has 22 heavy (non-hydrogen) atoms. The fourth-order valence-corrected chi connectivity index (χ4v) is 1.73. The average molecular weight is 304 g/mol. The number of nitrogens with zero attached hydrogens (tertiary/aromatic N) is 1. The summed E-state index contributed by atoms with van der Waals surface area (Å²) in [7, 11) is 3.91. The fourth-order valence-electron chi connectivity index (χ4n) is 1.73. The molecule has 0 aromatic heterocycles. The van der Waals surface area contributed by atoms with Crippen LogP contribution in [0.1, 0.15) is 15.9 Å². The van der Waals surface area contributed by atoms with Gasteiger partial charge in [-0.25, -0.2) is 4.79 Å². The van der Waals surface area contributed by atoms with E-state index in [4.69, 9.17) is 0 Å². The van der Waals surface area contributed by atoms with Crippen molar-refractivity contribution in [2.24, 2.45) is 0 Å². The molecule has 3 N–H and O–H groups in total. The van der Waals surface area contributed by atoms with Gasteiger partial charge in [0.05, 0.1) is 0 Å². The van der Waals surface area contributed by atoms with Crippen molar-refractivity contribution in [3.8, 4) is 0 Å². The van der Waals surface area contributed by atoms with Gasteiger partial charge in [-0.2, -0.15) is 0 Å².